The Kier molecular flexibility index (Phi) is 2.27. The fraction of sp³-hybridized carbons (Fsp3) is 0.125. The third-order valence-corrected chi connectivity index (χ3v) is 3.82. The van der Waals surface area contributed by atoms with E-state index in [-0.39, 0.29) is 6.04 Å². The molecule has 4 rings (SSSR count). The van der Waals surface area contributed by atoms with Crippen molar-refractivity contribution in [1.82, 2.24) is 10.2 Å². The normalized spacial score (nSPS) is 16.6. The van der Waals surface area contributed by atoms with Crippen LogP contribution in [0.25, 0.3) is 10.9 Å². The minimum absolute atomic E-state index is 0.162. The highest BCUT2D eigenvalue weighted by molar-refractivity contribution is 5.82. The summed E-state index contributed by atoms with van der Waals surface area (Å²) in [6.07, 6.45) is 0.861. The van der Waals surface area contributed by atoms with Crippen molar-refractivity contribution in [3.05, 3.63) is 59.3 Å². The zero-order chi connectivity index (χ0) is 13.5. The zero-order valence-electron chi connectivity index (χ0n) is 10.7. The molecule has 0 bridgehead atoms. The molecule has 2 aromatic carbocycles. The van der Waals surface area contributed by atoms with Gasteiger partial charge in [0.2, 0.25) is 0 Å². The number of para-hydroxylation sites is 1. The van der Waals surface area contributed by atoms with E-state index in [9.17, 15) is 0 Å². The van der Waals surface area contributed by atoms with Gasteiger partial charge in [-0.3, -0.25) is 5.10 Å². The Bertz CT molecular complexity index is 841. The quantitative estimate of drug-likeness (QED) is 0.706. The number of rotatable bonds is 1. The van der Waals surface area contributed by atoms with E-state index in [1.165, 1.54) is 5.56 Å². The number of aromatic nitrogens is 2. The van der Waals surface area contributed by atoms with Crippen LogP contribution < -0.4 is 5.32 Å². The summed E-state index contributed by atoms with van der Waals surface area (Å²) in [6, 6.07) is 16.3. The monoisotopic (exact) mass is 260 g/mol. The second-order valence-electron chi connectivity index (χ2n) is 5.04. The predicted octanol–water partition coefficient (Wildman–Crippen LogP) is 3.14. The largest absolute Gasteiger partial charge is 0.376 e. The molecular formula is C16H12N4. The maximum absolute atomic E-state index is 8.97. The van der Waals surface area contributed by atoms with E-state index >= 15 is 0 Å². The number of aromatic amines is 1. The van der Waals surface area contributed by atoms with Crippen LogP contribution in [0, 0.1) is 11.3 Å². The molecule has 0 fully saturated rings. The third kappa shape index (κ3) is 1.57. The van der Waals surface area contributed by atoms with Crippen LogP contribution in [0.2, 0.25) is 0 Å². The van der Waals surface area contributed by atoms with Gasteiger partial charge >= 0.3 is 0 Å². The molecular weight excluding hydrogens is 248 g/mol. The molecule has 1 aliphatic rings. The SMILES string of the molecule is N#Cc1ccc2c(c1)CC(c1n[nH]c3ccccc13)N2. The first kappa shape index (κ1) is 11.1. The van der Waals surface area contributed by atoms with Gasteiger partial charge in [0.25, 0.3) is 0 Å². The van der Waals surface area contributed by atoms with Crippen molar-refractivity contribution >= 4 is 16.6 Å². The van der Waals surface area contributed by atoms with Gasteiger partial charge in [0.15, 0.2) is 0 Å². The predicted molar refractivity (Wildman–Crippen MR) is 77.3 cm³/mol. The van der Waals surface area contributed by atoms with Crippen LogP contribution in [0.4, 0.5) is 5.69 Å². The van der Waals surface area contributed by atoms with Gasteiger partial charge in [0, 0.05) is 17.5 Å². The fourth-order valence-corrected chi connectivity index (χ4v) is 2.85. The number of nitriles is 1. The molecule has 2 N–H and O–H groups in total. The third-order valence-electron chi connectivity index (χ3n) is 3.82. The average Bonchev–Trinajstić information content (AvgIpc) is 3.09. The zero-order valence-corrected chi connectivity index (χ0v) is 10.7. The Balaban J connectivity index is 1.74. The molecule has 0 spiro atoms. The summed E-state index contributed by atoms with van der Waals surface area (Å²) in [7, 11) is 0. The van der Waals surface area contributed by atoms with E-state index in [0.29, 0.717) is 5.56 Å². The van der Waals surface area contributed by atoms with Crippen LogP contribution in [-0.4, -0.2) is 10.2 Å². The number of anilines is 1. The molecule has 0 saturated heterocycles. The van der Waals surface area contributed by atoms with E-state index in [1.807, 2.05) is 36.4 Å². The Labute approximate surface area is 116 Å². The summed E-state index contributed by atoms with van der Waals surface area (Å²) in [5.41, 5.74) is 5.08. The van der Waals surface area contributed by atoms with Gasteiger partial charge in [-0.2, -0.15) is 10.4 Å². The number of nitrogens with one attached hydrogen (secondary N) is 2. The Morgan fingerprint density at radius 2 is 2.10 bits per heavy atom. The second kappa shape index (κ2) is 4.10. The molecule has 96 valence electrons. The Hall–Kier alpha value is -2.80. The van der Waals surface area contributed by atoms with Gasteiger partial charge in [-0.05, 0) is 29.8 Å². The summed E-state index contributed by atoms with van der Waals surface area (Å²) in [5, 5.41) is 21.1. The standard InChI is InChI=1S/C16H12N4/c17-9-10-5-6-13-11(7-10)8-15(18-13)16-12-3-1-2-4-14(12)19-20-16/h1-7,15,18H,8H2,(H,19,20). The van der Waals surface area contributed by atoms with Crippen molar-refractivity contribution in [3.8, 4) is 6.07 Å². The van der Waals surface area contributed by atoms with E-state index in [1.54, 1.807) is 0 Å². The summed E-state index contributed by atoms with van der Waals surface area (Å²) in [6.45, 7) is 0. The van der Waals surface area contributed by atoms with Crippen molar-refractivity contribution in [2.45, 2.75) is 12.5 Å². The molecule has 1 atom stereocenters. The smallest absolute Gasteiger partial charge is 0.0991 e. The van der Waals surface area contributed by atoms with Crippen molar-refractivity contribution < 1.29 is 0 Å². The lowest BCUT2D eigenvalue weighted by atomic mass is 10.0. The number of nitrogens with zero attached hydrogens (tertiary/aromatic N) is 2. The minimum Gasteiger partial charge on any atom is -0.376 e. The van der Waals surface area contributed by atoms with Crippen LogP contribution in [-0.2, 0) is 6.42 Å². The molecule has 0 aliphatic carbocycles. The molecule has 1 aromatic heterocycles. The number of H-pyrrole nitrogens is 1. The number of fused-ring (bicyclic) bond motifs is 2. The fourth-order valence-electron chi connectivity index (χ4n) is 2.85. The Morgan fingerprint density at radius 3 is 3.00 bits per heavy atom. The lowest BCUT2D eigenvalue weighted by Gasteiger charge is -2.08. The molecule has 4 heteroatoms. The average molecular weight is 260 g/mol. The van der Waals surface area contributed by atoms with Crippen LogP contribution in [0.15, 0.2) is 42.5 Å². The first-order valence-electron chi connectivity index (χ1n) is 6.58. The van der Waals surface area contributed by atoms with Gasteiger partial charge in [0.1, 0.15) is 0 Å². The van der Waals surface area contributed by atoms with Gasteiger partial charge in [-0.15, -0.1) is 0 Å². The lowest BCUT2D eigenvalue weighted by Crippen LogP contribution is -2.06. The number of hydrogen-bond acceptors (Lipinski definition) is 3. The van der Waals surface area contributed by atoms with Gasteiger partial charge in [-0.1, -0.05) is 18.2 Å². The van der Waals surface area contributed by atoms with Crippen molar-refractivity contribution in [2.24, 2.45) is 0 Å². The molecule has 0 saturated carbocycles. The van der Waals surface area contributed by atoms with E-state index < -0.39 is 0 Å². The highest BCUT2D eigenvalue weighted by Gasteiger charge is 2.25. The van der Waals surface area contributed by atoms with Crippen molar-refractivity contribution in [2.75, 3.05) is 5.32 Å². The van der Waals surface area contributed by atoms with E-state index in [0.717, 1.165) is 28.7 Å². The van der Waals surface area contributed by atoms with Gasteiger partial charge in [0.05, 0.1) is 28.9 Å². The van der Waals surface area contributed by atoms with E-state index in [2.05, 4.69) is 27.6 Å². The molecule has 0 radical (unpaired) electrons. The molecule has 3 aromatic rings. The molecule has 0 amide bonds. The molecule has 1 unspecified atom stereocenters. The molecule has 20 heavy (non-hydrogen) atoms. The second-order valence-corrected chi connectivity index (χ2v) is 5.04. The van der Waals surface area contributed by atoms with Crippen LogP contribution >= 0.6 is 0 Å². The molecule has 4 nitrogen and oxygen atoms in total. The van der Waals surface area contributed by atoms with Crippen LogP contribution in [0.1, 0.15) is 22.9 Å². The summed E-state index contributed by atoms with van der Waals surface area (Å²) in [5.74, 6) is 0. The summed E-state index contributed by atoms with van der Waals surface area (Å²) >= 11 is 0. The Morgan fingerprint density at radius 1 is 1.20 bits per heavy atom. The summed E-state index contributed by atoms with van der Waals surface area (Å²) < 4.78 is 0. The number of benzene rings is 2. The van der Waals surface area contributed by atoms with Gasteiger partial charge in [-0.25, -0.2) is 0 Å². The maximum Gasteiger partial charge on any atom is 0.0991 e. The van der Waals surface area contributed by atoms with Crippen LogP contribution in [0.3, 0.4) is 0 Å². The maximum atomic E-state index is 8.97. The lowest BCUT2D eigenvalue weighted by molar-refractivity contribution is 0.786. The van der Waals surface area contributed by atoms with Crippen LogP contribution in [0.5, 0.6) is 0 Å². The topological polar surface area (TPSA) is 64.5 Å². The van der Waals surface area contributed by atoms with Gasteiger partial charge < -0.3 is 5.32 Å². The highest BCUT2D eigenvalue weighted by atomic mass is 15.1. The number of hydrogen-bond donors (Lipinski definition) is 2. The van der Waals surface area contributed by atoms with Crippen molar-refractivity contribution in [3.63, 3.8) is 0 Å². The van der Waals surface area contributed by atoms with Crippen molar-refractivity contribution in [1.29, 1.82) is 5.26 Å². The van der Waals surface area contributed by atoms with E-state index in [4.69, 9.17) is 5.26 Å². The highest BCUT2D eigenvalue weighted by Crippen LogP contribution is 2.36. The first-order chi connectivity index (χ1) is 9.85. The summed E-state index contributed by atoms with van der Waals surface area (Å²) in [4.78, 5) is 0. The molecule has 2 heterocycles. The molecule has 1 aliphatic heterocycles. The first-order valence-corrected chi connectivity index (χ1v) is 6.58. The minimum atomic E-state index is 0.162.